The molecule has 0 spiro atoms. The van der Waals surface area contributed by atoms with Gasteiger partial charge in [-0.05, 0) is 42.8 Å². The van der Waals surface area contributed by atoms with Crippen LogP contribution in [-0.4, -0.2) is 33.8 Å². The predicted octanol–water partition coefficient (Wildman–Crippen LogP) is 2.88. The summed E-state index contributed by atoms with van der Waals surface area (Å²) in [5.74, 6) is -1.83. The standard InChI is InChI=1S/C17H16ClN3O4/c1-9-2-3-10(6-13(9)21-15(19)8-18)16(23)20-11-4-5-14(22)12(7-11)17(24)25/h2-7,22H,8H2,1H3,(H2,19,21)(H,20,23)(H,24,25). The quantitative estimate of drug-likeness (QED) is 0.282. The minimum atomic E-state index is -1.29. The fourth-order valence-corrected chi connectivity index (χ4v) is 2.10. The number of aryl methyl sites for hydroxylation is 1. The van der Waals surface area contributed by atoms with Crippen LogP contribution in [0.1, 0.15) is 26.3 Å². The number of hydrogen-bond acceptors (Lipinski definition) is 4. The van der Waals surface area contributed by atoms with Gasteiger partial charge in [-0.1, -0.05) is 6.07 Å². The van der Waals surface area contributed by atoms with Gasteiger partial charge in [-0.3, -0.25) is 4.79 Å². The second-order valence-electron chi connectivity index (χ2n) is 5.23. The van der Waals surface area contributed by atoms with Crippen LogP contribution in [0.2, 0.25) is 0 Å². The first-order valence-corrected chi connectivity index (χ1v) is 7.72. The number of amides is 1. The van der Waals surface area contributed by atoms with Gasteiger partial charge in [0.1, 0.15) is 17.1 Å². The average Bonchev–Trinajstić information content (AvgIpc) is 2.58. The van der Waals surface area contributed by atoms with Gasteiger partial charge in [-0.15, -0.1) is 11.6 Å². The molecule has 7 nitrogen and oxygen atoms in total. The van der Waals surface area contributed by atoms with E-state index in [1.54, 1.807) is 18.2 Å². The van der Waals surface area contributed by atoms with Crippen molar-refractivity contribution >= 4 is 40.7 Å². The summed E-state index contributed by atoms with van der Waals surface area (Å²) >= 11 is 5.61. The van der Waals surface area contributed by atoms with E-state index in [-0.39, 0.29) is 28.7 Å². The summed E-state index contributed by atoms with van der Waals surface area (Å²) in [6, 6.07) is 8.66. The van der Waals surface area contributed by atoms with Crippen LogP contribution in [0.4, 0.5) is 11.4 Å². The number of anilines is 1. The molecule has 2 rings (SSSR count). The Balaban J connectivity index is 2.28. The topological polar surface area (TPSA) is 125 Å². The molecule has 0 aliphatic carbocycles. The zero-order valence-corrected chi connectivity index (χ0v) is 14.0. The first-order valence-electron chi connectivity index (χ1n) is 7.19. The van der Waals surface area contributed by atoms with Crippen LogP contribution in [0.15, 0.2) is 41.4 Å². The molecule has 0 atom stereocenters. The van der Waals surface area contributed by atoms with Gasteiger partial charge >= 0.3 is 5.97 Å². The molecule has 0 bridgehead atoms. The number of nitrogens with one attached hydrogen (secondary N) is 1. The second-order valence-corrected chi connectivity index (χ2v) is 5.50. The number of carboxylic acid groups (broad SMARTS) is 1. The van der Waals surface area contributed by atoms with E-state index >= 15 is 0 Å². The Labute approximate surface area is 148 Å². The highest BCUT2D eigenvalue weighted by Gasteiger charge is 2.13. The van der Waals surface area contributed by atoms with Gasteiger partial charge in [-0.2, -0.15) is 0 Å². The Morgan fingerprint density at radius 3 is 2.60 bits per heavy atom. The third-order valence-corrected chi connectivity index (χ3v) is 3.63. The maximum atomic E-state index is 12.4. The van der Waals surface area contributed by atoms with E-state index in [9.17, 15) is 14.7 Å². The Bertz CT molecular complexity index is 865. The molecule has 0 unspecified atom stereocenters. The summed E-state index contributed by atoms with van der Waals surface area (Å²) in [6.45, 7) is 1.82. The number of aliphatic imine (C=N–C) groups is 1. The van der Waals surface area contributed by atoms with E-state index in [4.69, 9.17) is 22.4 Å². The van der Waals surface area contributed by atoms with Crippen molar-refractivity contribution in [1.82, 2.24) is 0 Å². The molecule has 0 saturated heterocycles. The number of amidine groups is 1. The van der Waals surface area contributed by atoms with E-state index in [1.165, 1.54) is 18.2 Å². The highest BCUT2D eigenvalue weighted by molar-refractivity contribution is 6.28. The first-order chi connectivity index (χ1) is 11.8. The number of aromatic carboxylic acids is 1. The van der Waals surface area contributed by atoms with Crippen LogP contribution in [0.25, 0.3) is 0 Å². The average molecular weight is 362 g/mol. The molecular formula is C17H16ClN3O4. The van der Waals surface area contributed by atoms with Crippen LogP contribution < -0.4 is 11.1 Å². The van der Waals surface area contributed by atoms with Crippen molar-refractivity contribution in [3.63, 3.8) is 0 Å². The lowest BCUT2D eigenvalue weighted by Gasteiger charge is -2.09. The molecule has 0 radical (unpaired) electrons. The van der Waals surface area contributed by atoms with Gasteiger partial charge in [0.25, 0.3) is 5.91 Å². The number of carboxylic acids is 1. The normalized spacial score (nSPS) is 11.2. The third-order valence-electron chi connectivity index (χ3n) is 3.36. The van der Waals surface area contributed by atoms with Crippen molar-refractivity contribution in [1.29, 1.82) is 0 Å². The second kappa shape index (κ2) is 7.67. The van der Waals surface area contributed by atoms with Gasteiger partial charge < -0.3 is 21.3 Å². The summed E-state index contributed by atoms with van der Waals surface area (Å²) < 4.78 is 0. The Morgan fingerprint density at radius 2 is 1.96 bits per heavy atom. The van der Waals surface area contributed by atoms with E-state index in [0.717, 1.165) is 5.56 Å². The summed E-state index contributed by atoms with van der Waals surface area (Å²) in [5, 5.41) is 21.1. The fraction of sp³-hybridized carbons (Fsp3) is 0.118. The maximum absolute atomic E-state index is 12.4. The van der Waals surface area contributed by atoms with E-state index in [1.807, 2.05) is 6.92 Å². The van der Waals surface area contributed by atoms with Crippen molar-refractivity contribution in [3.05, 3.63) is 53.1 Å². The molecule has 0 aliphatic heterocycles. The molecule has 5 N–H and O–H groups in total. The number of aromatic hydroxyl groups is 1. The summed E-state index contributed by atoms with van der Waals surface area (Å²) in [7, 11) is 0. The van der Waals surface area contributed by atoms with Crippen LogP contribution in [-0.2, 0) is 0 Å². The van der Waals surface area contributed by atoms with Crippen LogP contribution in [0.5, 0.6) is 5.75 Å². The molecule has 25 heavy (non-hydrogen) atoms. The van der Waals surface area contributed by atoms with Crippen LogP contribution >= 0.6 is 11.6 Å². The van der Waals surface area contributed by atoms with Crippen molar-refractivity contribution in [2.24, 2.45) is 10.7 Å². The summed E-state index contributed by atoms with van der Waals surface area (Å²) in [6.07, 6.45) is 0. The Hall–Kier alpha value is -3.06. The molecule has 0 saturated carbocycles. The molecule has 0 fully saturated rings. The number of carbonyl (C=O) groups is 2. The lowest BCUT2D eigenvalue weighted by atomic mass is 10.1. The zero-order chi connectivity index (χ0) is 18.6. The fourth-order valence-electron chi connectivity index (χ4n) is 2.04. The molecule has 0 aliphatic rings. The first kappa shape index (κ1) is 18.3. The molecule has 130 valence electrons. The summed E-state index contributed by atoms with van der Waals surface area (Å²) in [4.78, 5) is 27.6. The number of halogens is 1. The number of alkyl halides is 1. The molecule has 1 amide bonds. The van der Waals surface area contributed by atoms with Crippen molar-refractivity contribution in [2.75, 3.05) is 11.2 Å². The monoisotopic (exact) mass is 361 g/mol. The Kier molecular flexibility index (Phi) is 5.61. The van der Waals surface area contributed by atoms with Crippen LogP contribution in [0.3, 0.4) is 0 Å². The van der Waals surface area contributed by atoms with Gasteiger partial charge in [0.05, 0.1) is 11.6 Å². The van der Waals surface area contributed by atoms with Crippen molar-refractivity contribution in [3.8, 4) is 5.75 Å². The molecule has 2 aromatic rings. The maximum Gasteiger partial charge on any atom is 0.339 e. The smallest absolute Gasteiger partial charge is 0.339 e. The minimum absolute atomic E-state index is 0.0708. The molecule has 0 heterocycles. The number of phenols is 1. The third kappa shape index (κ3) is 4.48. The van der Waals surface area contributed by atoms with Gasteiger partial charge in [0.2, 0.25) is 0 Å². The largest absolute Gasteiger partial charge is 0.507 e. The van der Waals surface area contributed by atoms with Gasteiger partial charge in [0.15, 0.2) is 0 Å². The van der Waals surface area contributed by atoms with Crippen LogP contribution in [0, 0.1) is 6.92 Å². The SMILES string of the molecule is Cc1ccc(C(=O)Nc2ccc(O)c(C(=O)O)c2)cc1N=C(N)CCl. The number of benzene rings is 2. The van der Waals surface area contributed by atoms with Crippen molar-refractivity contribution in [2.45, 2.75) is 6.92 Å². The Morgan fingerprint density at radius 1 is 1.24 bits per heavy atom. The minimum Gasteiger partial charge on any atom is -0.507 e. The van der Waals surface area contributed by atoms with Gasteiger partial charge in [-0.25, -0.2) is 9.79 Å². The van der Waals surface area contributed by atoms with E-state index in [0.29, 0.717) is 11.3 Å². The number of nitrogens with zero attached hydrogens (tertiary/aromatic N) is 1. The molecule has 2 aromatic carbocycles. The van der Waals surface area contributed by atoms with E-state index in [2.05, 4.69) is 10.3 Å². The highest BCUT2D eigenvalue weighted by Crippen LogP contribution is 2.24. The molecule has 0 aromatic heterocycles. The highest BCUT2D eigenvalue weighted by atomic mass is 35.5. The summed E-state index contributed by atoms with van der Waals surface area (Å²) in [5.41, 5.74) is 7.21. The predicted molar refractivity (Wildman–Crippen MR) is 96.2 cm³/mol. The van der Waals surface area contributed by atoms with E-state index < -0.39 is 11.9 Å². The number of nitrogens with two attached hydrogens (primary N) is 1. The lowest BCUT2D eigenvalue weighted by molar-refractivity contribution is 0.0693. The number of carbonyl (C=O) groups excluding carboxylic acids is 1. The van der Waals surface area contributed by atoms with Crippen molar-refractivity contribution < 1.29 is 19.8 Å². The molecular weight excluding hydrogens is 346 g/mol. The zero-order valence-electron chi connectivity index (χ0n) is 13.3. The lowest BCUT2D eigenvalue weighted by Crippen LogP contribution is -2.14. The van der Waals surface area contributed by atoms with Gasteiger partial charge in [0, 0.05) is 11.3 Å². The molecule has 8 heteroatoms. The number of hydrogen-bond donors (Lipinski definition) is 4. The number of rotatable bonds is 5.